The van der Waals surface area contributed by atoms with Gasteiger partial charge in [0.1, 0.15) is 6.10 Å². The molecule has 0 aliphatic carbocycles. The lowest BCUT2D eigenvalue weighted by molar-refractivity contribution is 0.143. The SMILES string of the molecule is CCOCCCNCC(C)Oc1cnn(CC)c1. The van der Waals surface area contributed by atoms with Gasteiger partial charge in [-0.1, -0.05) is 0 Å². The number of hydrogen-bond donors (Lipinski definition) is 1. The van der Waals surface area contributed by atoms with E-state index in [4.69, 9.17) is 9.47 Å². The summed E-state index contributed by atoms with van der Waals surface area (Å²) >= 11 is 0. The van der Waals surface area contributed by atoms with E-state index >= 15 is 0 Å². The van der Waals surface area contributed by atoms with Gasteiger partial charge in [0.2, 0.25) is 0 Å². The molecule has 104 valence electrons. The second-order valence-electron chi connectivity index (χ2n) is 4.21. The maximum Gasteiger partial charge on any atom is 0.157 e. The molecule has 1 rings (SSSR count). The first kappa shape index (κ1) is 15.0. The average molecular weight is 255 g/mol. The predicted molar refractivity (Wildman–Crippen MR) is 72.0 cm³/mol. The van der Waals surface area contributed by atoms with Crippen molar-refractivity contribution in [1.82, 2.24) is 15.1 Å². The molecular weight excluding hydrogens is 230 g/mol. The van der Waals surface area contributed by atoms with E-state index in [9.17, 15) is 0 Å². The van der Waals surface area contributed by atoms with E-state index in [1.807, 2.05) is 17.8 Å². The van der Waals surface area contributed by atoms with Gasteiger partial charge in [0.15, 0.2) is 5.75 Å². The van der Waals surface area contributed by atoms with Crippen molar-refractivity contribution < 1.29 is 9.47 Å². The zero-order valence-corrected chi connectivity index (χ0v) is 11.7. The van der Waals surface area contributed by atoms with Crippen LogP contribution in [0, 0.1) is 0 Å². The van der Waals surface area contributed by atoms with Crippen LogP contribution in [-0.2, 0) is 11.3 Å². The van der Waals surface area contributed by atoms with Gasteiger partial charge >= 0.3 is 0 Å². The lowest BCUT2D eigenvalue weighted by Gasteiger charge is -2.13. The highest BCUT2D eigenvalue weighted by Gasteiger charge is 2.05. The largest absolute Gasteiger partial charge is 0.486 e. The summed E-state index contributed by atoms with van der Waals surface area (Å²) in [6.07, 6.45) is 4.86. The summed E-state index contributed by atoms with van der Waals surface area (Å²) < 4.78 is 12.9. The quantitative estimate of drug-likeness (QED) is 0.646. The highest BCUT2D eigenvalue weighted by molar-refractivity contribution is 5.12. The number of ether oxygens (including phenoxy) is 2. The van der Waals surface area contributed by atoms with Crippen LogP contribution in [0.2, 0.25) is 0 Å². The Bertz CT molecular complexity index is 315. The van der Waals surface area contributed by atoms with Crippen LogP contribution in [0.4, 0.5) is 0 Å². The molecule has 0 radical (unpaired) electrons. The Labute approximate surface area is 109 Å². The van der Waals surface area contributed by atoms with E-state index < -0.39 is 0 Å². The molecule has 0 aliphatic heterocycles. The topological polar surface area (TPSA) is 48.3 Å². The van der Waals surface area contributed by atoms with Gasteiger partial charge in [-0.25, -0.2) is 0 Å². The van der Waals surface area contributed by atoms with Crippen LogP contribution >= 0.6 is 0 Å². The summed E-state index contributed by atoms with van der Waals surface area (Å²) in [5.74, 6) is 0.834. The molecule has 5 heteroatoms. The van der Waals surface area contributed by atoms with Gasteiger partial charge in [0.25, 0.3) is 0 Å². The van der Waals surface area contributed by atoms with Gasteiger partial charge in [0.05, 0.1) is 12.4 Å². The van der Waals surface area contributed by atoms with Gasteiger partial charge in [-0.3, -0.25) is 4.68 Å². The molecule has 0 amide bonds. The molecule has 1 aromatic rings. The molecule has 0 spiro atoms. The first-order chi connectivity index (χ1) is 8.76. The Morgan fingerprint density at radius 2 is 2.28 bits per heavy atom. The van der Waals surface area contributed by atoms with E-state index in [1.54, 1.807) is 6.20 Å². The fourth-order valence-corrected chi connectivity index (χ4v) is 1.60. The minimum atomic E-state index is 0.145. The summed E-state index contributed by atoms with van der Waals surface area (Å²) in [5.41, 5.74) is 0. The Balaban J connectivity index is 2.08. The van der Waals surface area contributed by atoms with Crippen LogP contribution in [0.25, 0.3) is 0 Å². The minimum Gasteiger partial charge on any atom is -0.486 e. The van der Waals surface area contributed by atoms with Crippen LogP contribution in [-0.4, -0.2) is 42.2 Å². The van der Waals surface area contributed by atoms with Crippen LogP contribution in [0.15, 0.2) is 12.4 Å². The number of nitrogens with one attached hydrogen (secondary N) is 1. The summed E-state index contributed by atoms with van der Waals surface area (Å²) in [6, 6.07) is 0. The summed E-state index contributed by atoms with van der Waals surface area (Å²) in [7, 11) is 0. The normalized spacial score (nSPS) is 12.6. The molecule has 1 N–H and O–H groups in total. The maximum absolute atomic E-state index is 5.75. The third-order valence-corrected chi connectivity index (χ3v) is 2.55. The summed E-state index contributed by atoms with van der Waals surface area (Å²) in [4.78, 5) is 0. The molecule has 0 aliphatic rings. The summed E-state index contributed by atoms with van der Waals surface area (Å²) in [5, 5.41) is 7.53. The first-order valence-corrected chi connectivity index (χ1v) is 6.73. The van der Waals surface area contributed by atoms with Gasteiger partial charge in [-0.05, 0) is 33.7 Å². The van der Waals surface area contributed by atoms with Crippen molar-refractivity contribution >= 4 is 0 Å². The highest BCUT2D eigenvalue weighted by atomic mass is 16.5. The van der Waals surface area contributed by atoms with Crippen molar-refractivity contribution in [2.75, 3.05) is 26.3 Å². The third kappa shape index (κ3) is 6.02. The number of rotatable bonds is 10. The molecule has 1 atom stereocenters. The second-order valence-corrected chi connectivity index (χ2v) is 4.21. The van der Waals surface area contributed by atoms with Crippen LogP contribution < -0.4 is 10.1 Å². The van der Waals surface area contributed by atoms with Crippen molar-refractivity contribution in [2.45, 2.75) is 39.8 Å². The average Bonchev–Trinajstić information content (AvgIpc) is 2.81. The lowest BCUT2D eigenvalue weighted by Crippen LogP contribution is -2.30. The van der Waals surface area contributed by atoms with Crippen molar-refractivity contribution in [1.29, 1.82) is 0 Å². The molecule has 5 nitrogen and oxygen atoms in total. The van der Waals surface area contributed by atoms with Crippen molar-refractivity contribution in [3.8, 4) is 5.75 Å². The fraction of sp³-hybridized carbons (Fsp3) is 0.769. The molecule has 1 unspecified atom stereocenters. The van der Waals surface area contributed by atoms with Gasteiger partial charge in [-0.15, -0.1) is 0 Å². The molecule has 0 saturated heterocycles. The number of nitrogens with zero attached hydrogens (tertiary/aromatic N) is 2. The molecule has 0 aromatic carbocycles. The fourth-order valence-electron chi connectivity index (χ4n) is 1.60. The number of aromatic nitrogens is 2. The van der Waals surface area contributed by atoms with E-state index in [2.05, 4.69) is 24.3 Å². The van der Waals surface area contributed by atoms with Crippen LogP contribution in [0.3, 0.4) is 0 Å². The van der Waals surface area contributed by atoms with Crippen LogP contribution in [0.1, 0.15) is 27.2 Å². The highest BCUT2D eigenvalue weighted by Crippen LogP contribution is 2.09. The van der Waals surface area contributed by atoms with E-state index in [1.165, 1.54) is 0 Å². The monoisotopic (exact) mass is 255 g/mol. The van der Waals surface area contributed by atoms with E-state index in [0.29, 0.717) is 0 Å². The van der Waals surface area contributed by atoms with E-state index in [-0.39, 0.29) is 6.10 Å². The van der Waals surface area contributed by atoms with Gasteiger partial charge < -0.3 is 14.8 Å². The zero-order chi connectivity index (χ0) is 13.2. The Morgan fingerprint density at radius 1 is 1.44 bits per heavy atom. The Kier molecular flexibility index (Phi) is 7.44. The molecular formula is C13H25N3O2. The molecule has 0 bridgehead atoms. The lowest BCUT2D eigenvalue weighted by atomic mass is 10.3. The number of aryl methyl sites for hydroxylation is 1. The maximum atomic E-state index is 5.75. The zero-order valence-electron chi connectivity index (χ0n) is 11.7. The van der Waals surface area contributed by atoms with Crippen molar-refractivity contribution in [3.63, 3.8) is 0 Å². The van der Waals surface area contributed by atoms with E-state index in [0.717, 1.165) is 45.0 Å². The first-order valence-electron chi connectivity index (χ1n) is 6.73. The number of hydrogen-bond acceptors (Lipinski definition) is 4. The summed E-state index contributed by atoms with van der Waals surface area (Å²) in [6.45, 7) is 10.4. The van der Waals surface area contributed by atoms with Gasteiger partial charge in [-0.2, -0.15) is 5.10 Å². The third-order valence-electron chi connectivity index (χ3n) is 2.55. The van der Waals surface area contributed by atoms with Gasteiger partial charge in [0, 0.05) is 26.3 Å². The predicted octanol–water partition coefficient (Wildman–Crippen LogP) is 1.69. The molecule has 0 fully saturated rings. The Hall–Kier alpha value is -1.07. The molecule has 1 heterocycles. The van der Waals surface area contributed by atoms with Crippen LogP contribution in [0.5, 0.6) is 5.75 Å². The smallest absolute Gasteiger partial charge is 0.157 e. The van der Waals surface area contributed by atoms with Crippen molar-refractivity contribution in [3.05, 3.63) is 12.4 Å². The molecule has 18 heavy (non-hydrogen) atoms. The Morgan fingerprint density at radius 3 is 2.94 bits per heavy atom. The second kappa shape index (κ2) is 8.94. The molecule has 1 aromatic heterocycles. The van der Waals surface area contributed by atoms with Crippen molar-refractivity contribution in [2.24, 2.45) is 0 Å². The molecule has 0 saturated carbocycles. The minimum absolute atomic E-state index is 0.145. The standard InChI is InChI=1S/C13H25N3O2/c1-4-16-11-13(10-15-16)18-12(3)9-14-7-6-8-17-5-2/h10-12,14H,4-9H2,1-3H3.